The van der Waals surface area contributed by atoms with Gasteiger partial charge in [-0.1, -0.05) is 20.8 Å². The largest absolute Gasteiger partial charge is 0.381 e. The molecule has 3 nitrogen and oxygen atoms in total. The first-order valence-electron chi connectivity index (χ1n) is 13.8. The van der Waals surface area contributed by atoms with Crippen LogP contribution in [0, 0.1) is 63.1 Å². The number of aryl methyl sites for hydroxylation is 1. The highest BCUT2D eigenvalue weighted by molar-refractivity contribution is 5.32. The van der Waals surface area contributed by atoms with Crippen LogP contribution >= 0.6 is 0 Å². The first kappa shape index (κ1) is 22.1. The second-order valence-corrected chi connectivity index (χ2v) is 13.1. The Morgan fingerprint density at radius 3 is 2.79 bits per heavy atom. The molecule has 0 N–H and O–H groups in total. The molecule has 0 amide bonds. The molecular weight excluding hydrogens is 404 g/mol. The van der Waals surface area contributed by atoms with Crippen LogP contribution in [0.3, 0.4) is 0 Å². The van der Waals surface area contributed by atoms with E-state index in [0.29, 0.717) is 28.3 Å². The van der Waals surface area contributed by atoms with Crippen molar-refractivity contribution in [2.75, 3.05) is 7.11 Å². The van der Waals surface area contributed by atoms with Crippen molar-refractivity contribution in [2.24, 2.45) is 51.8 Å². The lowest BCUT2D eigenvalue weighted by molar-refractivity contribution is -0.161. The van der Waals surface area contributed by atoms with Gasteiger partial charge in [0.05, 0.1) is 17.4 Å². The van der Waals surface area contributed by atoms with E-state index in [-0.39, 0.29) is 0 Å². The number of pyridine rings is 1. The van der Waals surface area contributed by atoms with Gasteiger partial charge in [-0.05, 0) is 123 Å². The minimum atomic E-state index is 0.476. The van der Waals surface area contributed by atoms with Gasteiger partial charge >= 0.3 is 0 Å². The fourth-order valence-corrected chi connectivity index (χ4v) is 10.9. The van der Waals surface area contributed by atoms with Crippen LogP contribution in [0.2, 0.25) is 0 Å². The van der Waals surface area contributed by atoms with Crippen molar-refractivity contribution < 1.29 is 4.74 Å². The molecule has 1 heterocycles. The van der Waals surface area contributed by atoms with Crippen LogP contribution in [0.4, 0.5) is 0 Å². The predicted octanol–water partition coefficient (Wildman–Crippen LogP) is 6.81. The van der Waals surface area contributed by atoms with Gasteiger partial charge in [-0.25, -0.2) is 0 Å². The Balaban J connectivity index is 1.21. The molecule has 1 aromatic heterocycles. The summed E-state index contributed by atoms with van der Waals surface area (Å²) in [5, 5.41) is 9.45. The lowest BCUT2D eigenvalue weighted by Gasteiger charge is -2.61. The summed E-state index contributed by atoms with van der Waals surface area (Å²) in [4.78, 5) is 4.53. The van der Waals surface area contributed by atoms with E-state index < -0.39 is 0 Å². The average molecular weight is 447 g/mol. The second kappa shape index (κ2) is 7.55. The number of aromatic nitrogens is 1. The summed E-state index contributed by atoms with van der Waals surface area (Å²) in [5.74, 6) is 5.12. The summed E-state index contributed by atoms with van der Waals surface area (Å²) in [6.45, 7) is 7.83. The molecule has 5 fully saturated rings. The van der Waals surface area contributed by atoms with Gasteiger partial charge in [0.25, 0.3) is 0 Å². The zero-order valence-electron chi connectivity index (χ0n) is 21.1. The Labute approximate surface area is 200 Å². The molecule has 1 spiro atoms. The van der Waals surface area contributed by atoms with Gasteiger partial charge in [0.1, 0.15) is 6.07 Å². The Bertz CT molecular complexity index is 968. The zero-order valence-corrected chi connectivity index (χ0v) is 21.1. The van der Waals surface area contributed by atoms with Crippen molar-refractivity contribution in [1.29, 1.82) is 5.26 Å². The number of nitrogens with zero attached hydrogens (tertiary/aromatic N) is 2. The molecular formula is C30H42N2O. The number of hydrogen-bond acceptors (Lipinski definition) is 3. The first-order chi connectivity index (χ1) is 15.9. The molecule has 5 aliphatic carbocycles. The van der Waals surface area contributed by atoms with Crippen LogP contribution in [0.5, 0.6) is 0 Å². The van der Waals surface area contributed by atoms with Gasteiger partial charge in [-0.3, -0.25) is 4.98 Å². The maximum Gasteiger partial charge on any atom is 0.101 e. The van der Waals surface area contributed by atoms with E-state index in [1.807, 2.05) is 25.4 Å². The van der Waals surface area contributed by atoms with E-state index in [9.17, 15) is 5.26 Å². The molecule has 0 radical (unpaired) electrons. The molecule has 0 aromatic carbocycles. The molecule has 1 unspecified atom stereocenters. The second-order valence-electron chi connectivity index (χ2n) is 13.1. The Morgan fingerprint density at radius 2 is 2.03 bits per heavy atom. The Morgan fingerprint density at radius 1 is 1.18 bits per heavy atom. The molecule has 3 heteroatoms. The number of hydrogen-bond donors (Lipinski definition) is 0. The van der Waals surface area contributed by atoms with Gasteiger partial charge in [-0.15, -0.1) is 0 Å². The highest BCUT2D eigenvalue weighted by atomic mass is 16.5. The molecule has 10 atom stereocenters. The highest BCUT2D eigenvalue weighted by Crippen LogP contribution is 2.82. The first-order valence-corrected chi connectivity index (χ1v) is 13.8. The van der Waals surface area contributed by atoms with Crippen molar-refractivity contribution in [3.63, 3.8) is 0 Å². The van der Waals surface area contributed by atoms with Crippen LogP contribution in [-0.2, 0) is 11.2 Å². The zero-order chi connectivity index (χ0) is 23.0. The SMILES string of the molecule is COC1C[C@H]2[C@@H]3CC[C@H]([C@H](C)CCc4ncccc4C#N)[C@@]3(C)CC[C@@H]2[C@@]2(C)CC[C@@H]3C[C@]132. The van der Waals surface area contributed by atoms with E-state index in [1.165, 1.54) is 51.4 Å². The molecule has 0 bridgehead atoms. The molecule has 1 aromatic rings. The van der Waals surface area contributed by atoms with E-state index in [0.717, 1.165) is 53.7 Å². The van der Waals surface area contributed by atoms with Crippen molar-refractivity contribution in [3.05, 3.63) is 29.6 Å². The fourth-order valence-electron chi connectivity index (χ4n) is 10.9. The molecule has 0 saturated heterocycles. The topological polar surface area (TPSA) is 45.9 Å². The maximum absolute atomic E-state index is 9.45. The van der Waals surface area contributed by atoms with E-state index in [2.05, 4.69) is 31.8 Å². The maximum atomic E-state index is 9.45. The van der Waals surface area contributed by atoms with Crippen molar-refractivity contribution in [1.82, 2.24) is 4.98 Å². The highest BCUT2D eigenvalue weighted by Gasteiger charge is 2.77. The van der Waals surface area contributed by atoms with Crippen LogP contribution in [0.25, 0.3) is 0 Å². The summed E-state index contributed by atoms with van der Waals surface area (Å²) in [6, 6.07) is 6.13. The van der Waals surface area contributed by atoms with E-state index in [4.69, 9.17) is 4.74 Å². The molecule has 0 aliphatic heterocycles. The lowest BCUT2D eigenvalue weighted by Crippen LogP contribution is -2.57. The molecule has 178 valence electrons. The van der Waals surface area contributed by atoms with Crippen LogP contribution < -0.4 is 0 Å². The van der Waals surface area contributed by atoms with Gasteiger partial charge in [0.15, 0.2) is 0 Å². The Hall–Kier alpha value is -1.40. The van der Waals surface area contributed by atoms with Crippen molar-refractivity contribution in [3.8, 4) is 6.07 Å². The summed E-state index contributed by atoms with van der Waals surface area (Å²) < 4.78 is 6.30. The lowest BCUT2D eigenvalue weighted by atomic mass is 9.45. The smallest absolute Gasteiger partial charge is 0.101 e. The average Bonchev–Trinajstić information content (AvgIpc) is 3.33. The number of nitriles is 1. The number of methoxy groups -OCH3 is 1. The van der Waals surface area contributed by atoms with Crippen molar-refractivity contribution in [2.45, 2.75) is 91.1 Å². The van der Waals surface area contributed by atoms with Crippen molar-refractivity contribution >= 4 is 0 Å². The quantitative estimate of drug-likeness (QED) is 0.499. The molecule has 5 saturated carbocycles. The Kier molecular flexibility index (Phi) is 5.05. The monoisotopic (exact) mass is 446 g/mol. The minimum Gasteiger partial charge on any atom is -0.381 e. The summed E-state index contributed by atoms with van der Waals surface area (Å²) >= 11 is 0. The number of fused-ring (bicyclic) bond motifs is 4. The van der Waals surface area contributed by atoms with Gasteiger partial charge in [0.2, 0.25) is 0 Å². The molecule has 33 heavy (non-hydrogen) atoms. The van der Waals surface area contributed by atoms with Gasteiger partial charge in [-0.2, -0.15) is 5.26 Å². The molecule has 6 rings (SSSR count). The van der Waals surface area contributed by atoms with Crippen LogP contribution in [0.1, 0.15) is 89.8 Å². The predicted molar refractivity (Wildman–Crippen MR) is 130 cm³/mol. The van der Waals surface area contributed by atoms with Crippen LogP contribution in [-0.4, -0.2) is 18.2 Å². The number of rotatable bonds is 5. The standard InChI is InChI=1S/C30H42N2O/c1-19(7-10-26-20(18-31)6-5-15-32-26)23-8-9-24-22-16-27(33-4)30-17-21(30)11-14-29(30,3)25(22)12-13-28(23,24)2/h5-6,15,19,21-25,27H,7-14,16-17H2,1-4H3/t19-,21-,22+,23-,24+,25+,27?,28-,29-,30-/m1/s1. The number of ether oxygens (including phenoxy) is 1. The fraction of sp³-hybridized carbons (Fsp3) is 0.800. The minimum absolute atomic E-state index is 0.476. The summed E-state index contributed by atoms with van der Waals surface area (Å²) in [5.41, 5.74) is 3.28. The molecule has 5 aliphatic rings. The van der Waals surface area contributed by atoms with Crippen LogP contribution in [0.15, 0.2) is 18.3 Å². The van der Waals surface area contributed by atoms with E-state index >= 15 is 0 Å². The normalized spacial score (nSPS) is 48.2. The van der Waals surface area contributed by atoms with E-state index in [1.54, 1.807) is 0 Å². The third-order valence-corrected chi connectivity index (χ3v) is 12.4. The van der Waals surface area contributed by atoms with Gasteiger partial charge in [0, 0.05) is 18.7 Å². The summed E-state index contributed by atoms with van der Waals surface area (Å²) in [6.07, 6.45) is 15.8. The third kappa shape index (κ3) is 2.86. The van der Waals surface area contributed by atoms with Gasteiger partial charge < -0.3 is 4.74 Å². The third-order valence-electron chi connectivity index (χ3n) is 12.4. The summed E-state index contributed by atoms with van der Waals surface area (Å²) in [7, 11) is 2.00.